The zero-order valence-electron chi connectivity index (χ0n) is 15.3. The molecule has 6 heteroatoms. The summed E-state index contributed by atoms with van der Waals surface area (Å²) in [5, 5.41) is 5.71. The van der Waals surface area contributed by atoms with Crippen molar-refractivity contribution in [1.29, 1.82) is 0 Å². The van der Waals surface area contributed by atoms with Gasteiger partial charge in [0.2, 0.25) is 0 Å². The molecule has 2 rings (SSSR count). The molecule has 26 heavy (non-hydrogen) atoms. The molecule has 0 spiro atoms. The number of hydrogen-bond donors (Lipinski definition) is 2. The van der Waals surface area contributed by atoms with E-state index in [1.165, 1.54) is 12.1 Å². The normalized spacial score (nSPS) is 10.5. The van der Waals surface area contributed by atoms with Gasteiger partial charge < -0.3 is 20.1 Å². The molecule has 0 bridgehead atoms. The number of benzene rings is 2. The highest BCUT2D eigenvalue weighted by molar-refractivity contribution is 5.89. The van der Waals surface area contributed by atoms with Crippen molar-refractivity contribution >= 4 is 11.7 Å². The average Bonchev–Trinajstić information content (AvgIpc) is 2.62. The van der Waals surface area contributed by atoms with Crippen LogP contribution in [-0.4, -0.2) is 18.7 Å². The molecule has 0 fully saturated rings. The zero-order chi connectivity index (χ0) is 18.9. The lowest BCUT2D eigenvalue weighted by Crippen LogP contribution is -2.37. The third kappa shape index (κ3) is 5.65. The number of urea groups is 1. The molecule has 140 valence electrons. The van der Waals surface area contributed by atoms with Gasteiger partial charge in [-0.1, -0.05) is 19.9 Å². The van der Waals surface area contributed by atoms with Gasteiger partial charge in [-0.15, -0.1) is 0 Å². The molecular weight excluding hydrogens is 335 g/mol. The largest absolute Gasteiger partial charge is 0.490 e. The Morgan fingerprint density at radius 3 is 2.50 bits per heavy atom. The van der Waals surface area contributed by atoms with Crippen LogP contribution in [0.2, 0.25) is 0 Å². The third-order valence-corrected chi connectivity index (χ3v) is 3.85. The summed E-state index contributed by atoms with van der Waals surface area (Å²) in [5.74, 6) is 0.912. The molecule has 5 nitrogen and oxygen atoms in total. The minimum Gasteiger partial charge on any atom is -0.490 e. The van der Waals surface area contributed by atoms with Crippen LogP contribution in [0.4, 0.5) is 14.9 Å². The van der Waals surface area contributed by atoms with Gasteiger partial charge in [0, 0.05) is 23.9 Å². The molecule has 0 aliphatic heterocycles. The molecule has 0 aliphatic rings. The number of ether oxygens (including phenoxy) is 2. The summed E-state index contributed by atoms with van der Waals surface area (Å²) < 4.78 is 24.6. The van der Waals surface area contributed by atoms with E-state index in [4.69, 9.17) is 9.47 Å². The van der Waals surface area contributed by atoms with Gasteiger partial charge in [0.1, 0.15) is 11.6 Å². The van der Waals surface area contributed by atoms with Crippen LogP contribution < -0.4 is 20.1 Å². The standard InChI is InChI=1S/C20H25FN2O3/c1-4-15(5-2)22-20(24)23-16-10-11-18(19(13-16)25-6-3)26-17-9-7-8-14(21)12-17/h7-13,15H,4-6H2,1-3H3,(H2,22,23,24). The maximum Gasteiger partial charge on any atom is 0.319 e. The number of carbonyl (C=O) groups excluding carboxylic acids is 1. The van der Waals surface area contributed by atoms with Crippen molar-refractivity contribution in [3.05, 3.63) is 48.3 Å². The number of rotatable bonds is 8. The fourth-order valence-electron chi connectivity index (χ4n) is 2.44. The van der Waals surface area contributed by atoms with Crippen LogP contribution in [0.25, 0.3) is 0 Å². The first-order valence-corrected chi connectivity index (χ1v) is 8.83. The fraction of sp³-hybridized carbons (Fsp3) is 0.350. The third-order valence-electron chi connectivity index (χ3n) is 3.85. The molecule has 0 saturated carbocycles. The molecule has 0 heterocycles. The first kappa shape index (κ1) is 19.6. The number of anilines is 1. The van der Waals surface area contributed by atoms with Crippen LogP contribution in [0.5, 0.6) is 17.2 Å². The Kier molecular flexibility index (Phi) is 7.26. The summed E-state index contributed by atoms with van der Waals surface area (Å²) in [6.45, 7) is 6.34. The number of halogens is 1. The Hall–Kier alpha value is -2.76. The fourth-order valence-corrected chi connectivity index (χ4v) is 2.44. The molecule has 0 radical (unpaired) electrons. The Morgan fingerprint density at radius 1 is 1.08 bits per heavy atom. The predicted octanol–water partition coefficient (Wildman–Crippen LogP) is 5.33. The van der Waals surface area contributed by atoms with Gasteiger partial charge in [0.05, 0.1) is 6.61 Å². The highest BCUT2D eigenvalue weighted by Crippen LogP contribution is 2.34. The number of nitrogens with one attached hydrogen (secondary N) is 2. The van der Waals surface area contributed by atoms with Crippen molar-refractivity contribution in [3.63, 3.8) is 0 Å². The van der Waals surface area contributed by atoms with Crippen molar-refractivity contribution in [1.82, 2.24) is 5.32 Å². The molecule has 0 saturated heterocycles. The Bertz CT molecular complexity index is 733. The van der Waals surface area contributed by atoms with E-state index in [1.807, 2.05) is 20.8 Å². The molecule has 2 aromatic carbocycles. The van der Waals surface area contributed by atoms with Crippen molar-refractivity contribution < 1.29 is 18.7 Å². The lowest BCUT2D eigenvalue weighted by Gasteiger charge is -2.17. The van der Waals surface area contributed by atoms with Gasteiger partial charge >= 0.3 is 6.03 Å². The van der Waals surface area contributed by atoms with Gasteiger partial charge in [-0.3, -0.25) is 0 Å². The molecular formula is C20H25FN2O3. The van der Waals surface area contributed by atoms with E-state index in [0.717, 1.165) is 12.8 Å². The highest BCUT2D eigenvalue weighted by atomic mass is 19.1. The summed E-state index contributed by atoms with van der Waals surface area (Å²) in [6.07, 6.45) is 1.74. The van der Waals surface area contributed by atoms with Crippen molar-refractivity contribution in [2.75, 3.05) is 11.9 Å². The first-order valence-electron chi connectivity index (χ1n) is 8.83. The van der Waals surface area contributed by atoms with E-state index in [0.29, 0.717) is 29.5 Å². The summed E-state index contributed by atoms with van der Waals surface area (Å²) >= 11 is 0. The smallest absolute Gasteiger partial charge is 0.319 e. The second kappa shape index (κ2) is 9.65. The van der Waals surface area contributed by atoms with Crippen LogP contribution in [0.15, 0.2) is 42.5 Å². The summed E-state index contributed by atoms with van der Waals surface area (Å²) in [4.78, 5) is 12.1. The van der Waals surface area contributed by atoms with Crippen LogP contribution in [-0.2, 0) is 0 Å². The number of carbonyl (C=O) groups is 1. The van der Waals surface area contributed by atoms with Crippen molar-refractivity contribution in [3.8, 4) is 17.2 Å². The second-order valence-corrected chi connectivity index (χ2v) is 5.77. The predicted molar refractivity (Wildman–Crippen MR) is 101 cm³/mol. The minimum atomic E-state index is -0.378. The topological polar surface area (TPSA) is 59.6 Å². The van der Waals surface area contributed by atoms with Gasteiger partial charge in [-0.25, -0.2) is 9.18 Å². The van der Waals surface area contributed by atoms with Gasteiger partial charge in [0.25, 0.3) is 0 Å². The first-order chi connectivity index (χ1) is 12.5. The lowest BCUT2D eigenvalue weighted by atomic mass is 10.2. The molecule has 2 N–H and O–H groups in total. The molecule has 0 atom stereocenters. The van der Waals surface area contributed by atoms with Crippen molar-refractivity contribution in [2.45, 2.75) is 39.7 Å². The molecule has 2 aromatic rings. The molecule has 2 amide bonds. The van der Waals surface area contributed by atoms with Crippen LogP contribution in [0, 0.1) is 5.82 Å². The summed E-state index contributed by atoms with van der Waals surface area (Å²) in [7, 11) is 0. The van der Waals surface area contributed by atoms with Crippen LogP contribution in [0.1, 0.15) is 33.6 Å². The maximum atomic E-state index is 13.3. The summed E-state index contributed by atoms with van der Waals surface area (Å²) in [5.41, 5.74) is 0.587. The van der Waals surface area contributed by atoms with E-state index < -0.39 is 0 Å². The van der Waals surface area contributed by atoms with Crippen LogP contribution >= 0.6 is 0 Å². The number of hydrogen-bond acceptors (Lipinski definition) is 3. The molecule has 0 aromatic heterocycles. The molecule has 0 aliphatic carbocycles. The lowest BCUT2D eigenvalue weighted by molar-refractivity contribution is 0.247. The van der Waals surface area contributed by atoms with Crippen LogP contribution in [0.3, 0.4) is 0 Å². The Morgan fingerprint density at radius 2 is 1.85 bits per heavy atom. The van der Waals surface area contributed by atoms with E-state index in [-0.39, 0.29) is 17.9 Å². The van der Waals surface area contributed by atoms with Crippen molar-refractivity contribution in [2.24, 2.45) is 0 Å². The Labute approximate surface area is 153 Å². The monoisotopic (exact) mass is 360 g/mol. The van der Waals surface area contributed by atoms with Gasteiger partial charge in [-0.2, -0.15) is 0 Å². The van der Waals surface area contributed by atoms with Gasteiger partial charge in [0.15, 0.2) is 11.5 Å². The average molecular weight is 360 g/mol. The molecule has 0 unspecified atom stereocenters. The Balaban J connectivity index is 2.13. The van der Waals surface area contributed by atoms with E-state index >= 15 is 0 Å². The minimum absolute atomic E-state index is 0.136. The maximum absolute atomic E-state index is 13.3. The van der Waals surface area contributed by atoms with E-state index in [1.54, 1.807) is 30.3 Å². The second-order valence-electron chi connectivity index (χ2n) is 5.77. The zero-order valence-corrected chi connectivity index (χ0v) is 15.3. The quantitative estimate of drug-likeness (QED) is 0.669. The number of amides is 2. The SMILES string of the molecule is CCOc1cc(NC(=O)NC(CC)CC)ccc1Oc1cccc(F)c1. The van der Waals surface area contributed by atoms with Gasteiger partial charge in [-0.05, 0) is 44.0 Å². The van der Waals surface area contributed by atoms with E-state index in [9.17, 15) is 9.18 Å². The van der Waals surface area contributed by atoms with E-state index in [2.05, 4.69) is 10.6 Å². The highest BCUT2D eigenvalue weighted by Gasteiger charge is 2.12. The summed E-state index contributed by atoms with van der Waals surface area (Å²) in [6, 6.07) is 10.8.